The summed E-state index contributed by atoms with van der Waals surface area (Å²) in [6.07, 6.45) is 5.42. The molecule has 1 aromatic carbocycles. The van der Waals surface area contributed by atoms with E-state index in [-0.39, 0.29) is 11.8 Å². The summed E-state index contributed by atoms with van der Waals surface area (Å²) in [4.78, 5) is 31.6. The molecule has 29 heavy (non-hydrogen) atoms. The van der Waals surface area contributed by atoms with Crippen LogP contribution in [0.15, 0.2) is 30.9 Å². The molecule has 3 aliphatic heterocycles. The van der Waals surface area contributed by atoms with Crippen LogP contribution in [0.5, 0.6) is 0 Å². The number of amides is 2. The molecule has 6 nitrogen and oxygen atoms in total. The van der Waals surface area contributed by atoms with Gasteiger partial charge in [-0.15, -0.1) is 0 Å². The van der Waals surface area contributed by atoms with Crippen molar-refractivity contribution in [2.45, 2.75) is 25.7 Å². The first-order valence-electron chi connectivity index (χ1n) is 10.8. The molecule has 0 radical (unpaired) electrons. The third kappa shape index (κ3) is 4.54. The van der Waals surface area contributed by atoms with Gasteiger partial charge in [0.05, 0.1) is 13.2 Å². The lowest BCUT2D eigenvalue weighted by Gasteiger charge is -2.37. The Bertz CT molecular complexity index is 773. The van der Waals surface area contributed by atoms with E-state index in [9.17, 15) is 9.59 Å². The maximum atomic E-state index is 13.2. The second-order valence-corrected chi connectivity index (χ2v) is 8.31. The Kier molecular flexibility index (Phi) is 6.31. The summed E-state index contributed by atoms with van der Waals surface area (Å²) in [5, 5.41) is 0. The van der Waals surface area contributed by atoms with Crippen molar-refractivity contribution in [2.24, 2.45) is 5.92 Å². The molecule has 1 aromatic rings. The molecule has 3 heterocycles. The molecule has 2 amide bonds. The Balaban J connectivity index is 1.43. The molecule has 0 spiro atoms. The summed E-state index contributed by atoms with van der Waals surface area (Å²) in [5.74, 6) is 0.572. The van der Waals surface area contributed by atoms with E-state index in [1.165, 1.54) is 12.5 Å². The predicted molar refractivity (Wildman–Crippen MR) is 113 cm³/mol. The van der Waals surface area contributed by atoms with Gasteiger partial charge in [-0.1, -0.05) is 6.58 Å². The highest BCUT2D eigenvalue weighted by molar-refractivity contribution is 6.02. The lowest BCUT2D eigenvalue weighted by atomic mass is 9.95. The number of carbonyl (C=O) groups excluding carboxylic acids is 2. The molecule has 1 atom stereocenters. The molecular formula is C23H31N3O3. The second kappa shape index (κ2) is 9.09. The van der Waals surface area contributed by atoms with Gasteiger partial charge in [0.15, 0.2) is 0 Å². The molecule has 0 N–H and O–H groups in total. The standard InChI is InChI=1S/C23H31N3O3/c1-2-22(27)26-10-4-6-19-15-20(7-8-21(19)26)23(28)25-9-3-5-18(17-25)16-24-11-13-29-14-12-24/h2,7-8,15,18H,1,3-6,9-14,16-17H2/t18-/m1/s1. The molecule has 0 aliphatic carbocycles. The number of anilines is 1. The van der Waals surface area contributed by atoms with Gasteiger partial charge in [-0.05, 0) is 61.4 Å². The Morgan fingerprint density at radius 3 is 2.76 bits per heavy atom. The van der Waals surface area contributed by atoms with Crippen LogP contribution in [0.25, 0.3) is 0 Å². The van der Waals surface area contributed by atoms with Gasteiger partial charge in [-0.2, -0.15) is 0 Å². The highest BCUT2D eigenvalue weighted by Crippen LogP contribution is 2.29. The van der Waals surface area contributed by atoms with Crippen LogP contribution in [0.2, 0.25) is 0 Å². The summed E-state index contributed by atoms with van der Waals surface area (Å²) in [5.41, 5.74) is 2.74. The summed E-state index contributed by atoms with van der Waals surface area (Å²) < 4.78 is 5.44. The van der Waals surface area contributed by atoms with Crippen LogP contribution in [-0.4, -0.2) is 74.1 Å². The minimum absolute atomic E-state index is 0.0768. The molecule has 0 unspecified atom stereocenters. The number of ether oxygens (including phenoxy) is 1. The number of likely N-dealkylation sites (tertiary alicyclic amines) is 1. The first-order chi connectivity index (χ1) is 14.2. The largest absolute Gasteiger partial charge is 0.379 e. The zero-order chi connectivity index (χ0) is 20.2. The lowest BCUT2D eigenvalue weighted by molar-refractivity contribution is -0.114. The zero-order valence-corrected chi connectivity index (χ0v) is 17.1. The zero-order valence-electron chi connectivity index (χ0n) is 17.1. The molecule has 6 heteroatoms. The Morgan fingerprint density at radius 1 is 1.14 bits per heavy atom. The molecule has 2 fully saturated rings. The van der Waals surface area contributed by atoms with Crippen LogP contribution < -0.4 is 4.90 Å². The molecule has 4 rings (SSSR count). The van der Waals surface area contributed by atoms with Crippen molar-refractivity contribution in [3.8, 4) is 0 Å². The van der Waals surface area contributed by atoms with Gasteiger partial charge in [0.1, 0.15) is 0 Å². The number of rotatable bonds is 4. The highest BCUT2D eigenvalue weighted by atomic mass is 16.5. The average molecular weight is 398 g/mol. The van der Waals surface area contributed by atoms with Crippen molar-refractivity contribution in [3.05, 3.63) is 42.0 Å². The molecular weight excluding hydrogens is 366 g/mol. The van der Waals surface area contributed by atoms with Crippen molar-refractivity contribution >= 4 is 17.5 Å². The van der Waals surface area contributed by atoms with Gasteiger partial charge >= 0.3 is 0 Å². The van der Waals surface area contributed by atoms with Crippen molar-refractivity contribution in [3.63, 3.8) is 0 Å². The van der Waals surface area contributed by atoms with Crippen molar-refractivity contribution < 1.29 is 14.3 Å². The van der Waals surface area contributed by atoms with E-state index in [0.29, 0.717) is 12.5 Å². The SMILES string of the molecule is C=CC(=O)N1CCCc2cc(C(=O)N3CCC[C@H](CN4CCOCC4)C3)ccc21. The van der Waals surface area contributed by atoms with Gasteiger partial charge in [0.2, 0.25) is 5.91 Å². The summed E-state index contributed by atoms with van der Waals surface area (Å²) in [6, 6.07) is 5.80. The Labute approximate surface area is 173 Å². The van der Waals surface area contributed by atoms with Gasteiger partial charge in [0.25, 0.3) is 5.91 Å². The van der Waals surface area contributed by atoms with Gasteiger partial charge in [-0.25, -0.2) is 0 Å². The number of benzene rings is 1. The fraction of sp³-hybridized carbons (Fsp3) is 0.565. The number of aryl methyl sites for hydroxylation is 1. The van der Waals surface area contributed by atoms with E-state index < -0.39 is 0 Å². The van der Waals surface area contributed by atoms with Gasteiger partial charge < -0.3 is 14.5 Å². The van der Waals surface area contributed by atoms with E-state index in [1.54, 1.807) is 4.90 Å². The summed E-state index contributed by atoms with van der Waals surface area (Å²) >= 11 is 0. The quantitative estimate of drug-likeness (QED) is 0.732. The van der Waals surface area contributed by atoms with E-state index in [4.69, 9.17) is 4.74 Å². The van der Waals surface area contributed by atoms with Crippen LogP contribution in [0.1, 0.15) is 35.2 Å². The number of carbonyl (C=O) groups is 2. The van der Waals surface area contributed by atoms with Crippen LogP contribution in [0, 0.1) is 5.92 Å². The molecule has 2 saturated heterocycles. The Morgan fingerprint density at radius 2 is 1.97 bits per heavy atom. The summed E-state index contributed by atoms with van der Waals surface area (Å²) in [6.45, 7) is 10.6. The van der Waals surface area contributed by atoms with Crippen LogP contribution in [-0.2, 0) is 16.0 Å². The van der Waals surface area contributed by atoms with Crippen LogP contribution >= 0.6 is 0 Å². The lowest BCUT2D eigenvalue weighted by Crippen LogP contribution is -2.46. The number of nitrogens with zero attached hydrogens (tertiary/aromatic N) is 3. The normalized spacial score (nSPS) is 22.8. The van der Waals surface area contributed by atoms with E-state index >= 15 is 0 Å². The first-order valence-corrected chi connectivity index (χ1v) is 10.8. The van der Waals surface area contributed by atoms with Crippen LogP contribution in [0.4, 0.5) is 5.69 Å². The fourth-order valence-electron chi connectivity index (χ4n) is 4.80. The van der Waals surface area contributed by atoms with Crippen molar-refractivity contribution in [2.75, 3.05) is 57.4 Å². The number of piperidine rings is 1. The number of fused-ring (bicyclic) bond motifs is 1. The number of morpholine rings is 1. The highest BCUT2D eigenvalue weighted by Gasteiger charge is 2.28. The van der Waals surface area contributed by atoms with E-state index in [0.717, 1.165) is 82.0 Å². The third-order valence-electron chi connectivity index (χ3n) is 6.31. The third-order valence-corrected chi connectivity index (χ3v) is 6.31. The Hall–Kier alpha value is -2.18. The smallest absolute Gasteiger partial charge is 0.253 e. The maximum Gasteiger partial charge on any atom is 0.253 e. The summed E-state index contributed by atoms with van der Waals surface area (Å²) in [7, 11) is 0. The van der Waals surface area contributed by atoms with Gasteiger partial charge in [-0.3, -0.25) is 14.5 Å². The molecule has 0 bridgehead atoms. The van der Waals surface area contributed by atoms with Crippen molar-refractivity contribution in [1.29, 1.82) is 0 Å². The second-order valence-electron chi connectivity index (χ2n) is 8.31. The van der Waals surface area contributed by atoms with E-state index in [2.05, 4.69) is 11.5 Å². The topological polar surface area (TPSA) is 53.1 Å². The van der Waals surface area contributed by atoms with Crippen LogP contribution in [0.3, 0.4) is 0 Å². The van der Waals surface area contributed by atoms with Crippen molar-refractivity contribution in [1.82, 2.24) is 9.80 Å². The monoisotopic (exact) mass is 397 g/mol. The number of hydrogen-bond acceptors (Lipinski definition) is 4. The molecule has 0 aromatic heterocycles. The number of hydrogen-bond donors (Lipinski definition) is 0. The molecule has 3 aliphatic rings. The maximum absolute atomic E-state index is 13.2. The minimum atomic E-state index is -0.0768. The first kappa shape index (κ1) is 20.1. The predicted octanol–water partition coefficient (Wildman–Crippen LogP) is 2.34. The molecule has 0 saturated carbocycles. The minimum Gasteiger partial charge on any atom is -0.379 e. The fourth-order valence-corrected chi connectivity index (χ4v) is 4.80. The van der Waals surface area contributed by atoms with E-state index in [1.807, 2.05) is 23.1 Å². The average Bonchev–Trinajstić information content (AvgIpc) is 2.78. The molecule has 156 valence electrons. The van der Waals surface area contributed by atoms with Gasteiger partial charge in [0, 0.05) is 50.5 Å².